The number of aryl methyl sites for hydroxylation is 2. The van der Waals surface area contributed by atoms with E-state index in [2.05, 4.69) is 47.4 Å². The van der Waals surface area contributed by atoms with E-state index in [0.717, 1.165) is 58.5 Å². The highest BCUT2D eigenvalue weighted by atomic mass is 16.3. The topological polar surface area (TPSA) is 49.2 Å². The Balaban J connectivity index is 1.54. The lowest BCUT2D eigenvalue weighted by Gasteiger charge is -2.26. The minimum atomic E-state index is 0.350. The number of hydrogen-bond acceptors (Lipinski definition) is 4. The van der Waals surface area contributed by atoms with Gasteiger partial charge in [0, 0.05) is 6.54 Å². The van der Waals surface area contributed by atoms with Crippen LogP contribution in [-0.2, 0) is 0 Å². The highest BCUT2D eigenvalue weighted by molar-refractivity contribution is 5.83. The third-order valence-electron chi connectivity index (χ3n) is 6.09. The Labute approximate surface area is 176 Å². The van der Waals surface area contributed by atoms with Crippen LogP contribution in [0, 0.1) is 13.8 Å². The van der Waals surface area contributed by atoms with Gasteiger partial charge in [0.05, 0.1) is 23.3 Å². The maximum atomic E-state index is 10.1. The molecule has 1 aliphatic heterocycles. The first kappa shape index (κ1) is 18.6. The molecule has 4 nitrogen and oxygen atoms in total. The minimum Gasteiger partial charge on any atom is -0.507 e. The number of anilines is 1. The van der Waals surface area contributed by atoms with Crippen molar-refractivity contribution in [1.82, 2.24) is 9.97 Å². The van der Waals surface area contributed by atoms with Crippen LogP contribution in [0.3, 0.4) is 0 Å². The van der Waals surface area contributed by atoms with E-state index in [1.54, 1.807) is 0 Å². The van der Waals surface area contributed by atoms with Crippen LogP contribution in [0.4, 0.5) is 5.82 Å². The molecule has 3 aromatic carbocycles. The van der Waals surface area contributed by atoms with Gasteiger partial charge in [-0.2, -0.15) is 0 Å². The van der Waals surface area contributed by atoms with Crippen LogP contribution in [0.25, 0.3) is 22.2 Å². The fourth-order valence-electron chi connectivity index (χ4n) is 4.50. The van der Waals surface area contributed by atoms with Gasteiger partial charge in [0.15, 0.2) is 0 Å². The molecular formula is C26H25N3O. The number of nitrogens with zero attached hydrogens (tertiary/aromatic N) is 3. The molecule has 4 heteroatoms. The first-order valence-electron chi connectivity index (χ1n) is 10.5. The molecule has 0 aliphatic carbocycles. The molecule has 0 amide bonds. The van der Waals surface area contributed by atoms with Crippen LogP contribution in [-0.4, -0.2) is 21.6 Å². The van der Waals surface area contributed by atoms with Gasteiger partial charge in [0.2, 0.25) is 0 Å². The normalized spacial score (nSPS) is 16.3. The summed E-state index contributed by atoms with van der Waals surface area (Å²) < 4.78 is 0. The van der Waals surface area contributed by atoms with Gasteiger partial charge in [-0.3, -0.25) is 4.98 Å². The third kappa shape index (κ3) is 3.28. The molecule has 2 heterocycles. The summed E-state index contributed by atoms with van der Waals surface area (Å²) in [5, 5.41) is 10.1. The number of aromatic hydroxyl groups is 1. The summed E-state index contributed by atoms with van der Waals surface area (Å²) in [4.78, 5) is 12.1. The zero-order chi connectivity index (χ0) is 20.7. The molecule has 4 aromatic rings. The van der Waals surface area contributed by atoms with E-state index in [1.165, 1.54) is 5.56 Å². The van der Waals surface area contributed by atoms with Gasteiger partial charge in [0.1, 0.15) is 11.6 Å². The van der Waals surface area contributed by atoms with Crippen molar-refractivity contribution in [3.05, 3.63) is 83.6 Å². The largest absolute Gasteiger partial charge is 0.507 e. The number of benzene rings is 3. The van der Waals surface area contributed by atoms with Crippen LogP contribution in [0.15, 0.2) is 66.9 Å². The van der Waals surface area contributed by atoms with Gasteiger partial charge in [-0.05, 0) is 78.8 Å². The summed E-state index contributed by atoms with van der Waals surface area (Å²) in [6, 6.07) is 21.3. The van der Waals surface area contributed by atoms with Crippen molar-refractivity contribution < 1.29 is 5.11 Å². The molecule has 1 saturated heterocycles. The summed E-state index contributed by atoms with van der Waals surface area (Å²) in [5.41, 5.74) is 7.06. The summed E-state index contributed by atoms with van der Waals surface area (Å²) in [7, 11) is 0. The summed E-state index contributed by atoms with van der Waals surface area (Å²) in [5.74, 6) is 1.30. The Kier molecular flexibility index (Phi) is 4.62. The first-order chi connectivity index (χ1) is 14.6. The molecule has 5 rings (SSSR count). The lowest BCUT2D eigenvalue weighted by molar-refractivity contribution is 0.467. The first-order valence-corrected chi connectivity index (χ1v) is 10.5. The SMILES string of the molecule is Cc1cc(-c2ccc3ncc(N4CCCC4c4ccccc4)nc3c2)cc(C)c1O. The summed E-state index contributed by atoms with van der Waals surface area (Å²) in [6.07, 6.45) is 4.19. The fraction of sp³-hybridized carbons (Fsp3) is 0.231. The van der Waals surface area contributed by atoms with Crippen LogP contribution in [0.2, 0.25) is 0 Å². The maximum absolute atomic E-state index is 10.1. The Morgan fingerprint density at radius 1 is 0.900 bits per heavy atom. The Hall–Kier alpha value is -3.40. The second-order valence-corrected chi connectivity index (χ2v) is 8.15. The van der Waals surface area contributed by atoms with Crippen LogP contribution >= 0.6 is 0 Å². The minimum absolute atomic E-state index is 0.350. The summed E-state index contributed by atoms with van der Waals surface area (Å²) >= 11 is 0. The third-order valence-corrected chi connectivity index (χ3v) is 6.09. The van der Waals surface area contributed by atoms with Crippen molar-refractivity contribution in [1.29, 1.82) is 0 Å². The standard InChI is InChI=1S/C26H25N3O/c1-17-13-21(14-18(2)26(17)30)20-10-11-22-23(15-20)28-25(16-27-22)29-12-6-9-24(29)19-7-4-3-5-8-19/h3-5,7-8,10-11,13-16,24,30H,6,9,12H2,1-2H3. The zero-order valence-electron chi connectivity index (χ0n) is 17.3. The van der Waals surface area contributed by atoms with Gasteiger partial charge in [-0.1, -0.05) is 36.4 Å². The number of phenolic OH excluding ortho intramolecular Hbond substituents is 1. The zero-order valence-corrected chi connectivity index (χ0v) is 17.3. The lowest BCUT2D eigenvalue weighted by Crippen LogP contribution is -2.23. The predicted molar refractivity (Wildman–Crippen MR) is 122 cm³/mol. The number of fused-ring (bicyclic) bond motifs is 1. The van der Waals surface area contributed by atoms with E-state index in [0.29, 0.717) is 11.8 Å². The van der Waals surface area contributed by atoms with E-state index < -0.39 is 0 Å². The van der Waals surface area contributed by atoms with E-state index >= 15 is 0 Å². The molecule has 1 fully saturated rings. The van der Waals surface area contributed by atoms with Crippen molar-refractivity contribution in [2.75, 3.05) is 11.4 Å². The molecular weight excluding hydrogens is 370 g/mol. The number of hydrogen-bond donors (Lipinski definition) is 1. The van der Waals surface area contributed by atoms with Gasteiger partial charge >= 0.3 is 0 Å². The molecule has 1 N–H and O–H groups in total. The smallest absolute Gasteiger partial charge is 0.148 e. The van der Waals surface area contributed by atoms with Crippen LogP contribution in [0.5, 0.6) is 5.75 Å². The number of aromatic nitrogens is 2. The second kappa shape index (κ2) is 7.45. The van der Waals surface area contributed by atoms with E-state index in [1.807, 2.05) is 38.2 Å². The second-order valence-electron chi connectivity index (χ2n) is 8.15. The number of rotatable bonds is 3. The van der Waals surface area contributed by atoms with Crippen molar-refractivity contribution in [3.8, 4) is 16.9 Å². The van der Waals surface area contributed by atoms with E-state index in [4.69, 9.17) is 9.97 Å². The van der Waals surface area contributed by atoms with E-state index in [9.17, 15) is 5.11 Å². The monoisotopic (exact) mass is 395 g/mol. The van der Waals surface area contributed by atoms with Crippen LogP contribution in [0.1, 0.15) is 35.6 Å². The fourth-order valence-corrected chi connectivity index (χ4v) is 4.50. The van der Waals surface area contributed by atoms with Gasteiger partial charge in [0.25, 0.3) is 0 Å². The van der Waals surface area contributed by atoms with Crippen molar-refractivity contribution in [2.24, 2.45) is 0 Å². The summed E-state index contributed by atoms with van der Waals surface area (Å²) in [6.45, 7) is 4.86. The predicted octanol–water partition coefficient (Wildman–Crippen LogP) is 5.96. The molecule has 150 valence electrons. The highest BCUT2D eigenvalue weighted by Crippen LogP contribution is 2.36. The van der Waals surface area contributed by atoms with E-state index in [-0.39, 0.29) is 0 Å². The Morgan fingerprint density at radius 2 is 1.67 bits per heavy atom. The van der Waals surface area contributed by atoms with Crippen molar-refractivity contribution in [3.63, 3.8) is 0 Å². The molecule has 1 unspecified atom stereocenters. The maximum Gasteiger partial charge on any atom is 0.148 e. The molecule has 0 bridgehead atoms. The van der Waals surface area contributed by atoms with Gasteiger partial charge < -0.3 is 10.0 Å². The molecule has 0 saturated carbocycles. The molecule has 0 radical (unpaired) electrons. The Bertz CT molecular complexity index is 1200. The highest BCUT2D eigenvalue weighted by Gasteiger charge is 2.27. The quantitative estimate of drug-likeness (QED) is 0.465. The average molecular weight is 396 g/mol. The molecule has 1 aromatic heterocycles. The Morgan fingerprint density at radius 3 is 2.43 bits per heavy atom. The van der Waals surface area contributed by atoms with Gasteiger partial charge in [-0.25, -0.2) is 4.98 Å². The van der Waals surface area contributed by atoms with Gasteiger partial charge in [-0.15, -0.1) is 0 Å². The molecule has 0 spiro atoms. The molecule has 30 heavy (non-hydrogen) atoms. The van der Waals surface area contributed by atoms with Crippen molar-refractivity contribution >= 4 is 16.9 Å². The average Bonchev–Trinajstić information content (AvgIpc) is 3.27. The number of phenols is 1. The van der Waals surface area contributed by atoms with Crippen molar-refractivity contribution in [2.45, 2.75) is 32.7 Å². The molecule has 1 atom stereocenters. The molecule has 1 aliphatic rings. The lowest BCUT2D eigenvalue weighted by atomic mass is 9.99. The van der Waals surface area contributed by atoms with Crippen LogP contribution < -0.4 is 4.90 Å².